The number of benzene rings is 2. The second kappa shape index (κ2) is 14.4. The molecule has 13 nitrogen and oxygen atoms in total. The van der Waals surface area contributed by atoms with Crippen LogP contribution in [0.2, 0.25) is 0 Å². The standard InChI is InChI=1S/C30H29F2IN6O7/c31-19-11-18(12-22(14-19)38-27(1-6-34-38)44-24-2-7-42-8-3-24)29(40)35-36-30(41)46-26-17-28(45-25-4-9-43-10-5-25)39(37-26)23-15-20(32)13-21(33)16-23/h1,6,11-17,24-25H,2-5,7-10H2,(H,35,40)(H,36,41). The van der Waals surface area contributed by atoms with Gasteiger partial charge in [-0.25, -0.2) is 23.7 Å². The lowest BCUT2D eigenvalue weighted by Gasteiger charge is -2.23. The van der Waals surface area contributed by atoms with Gasteiger partial charge in [-0.2, -0.15) is 9.78 Å². The molecule has 2 aliphatic heterocycles. The predicted molar refractivity (Wildman–Crippen MR) is 165 cm³/mol. The zero-order valence-electron chi connectivity index (χ0n) is 24.3. The summed E-state index contributed by atoms with van der Waals surface area (Å²) in [4.78, 5) is 25.5. The van der Waals surface area contributed by atoms with Gasteiger partial charge >= 0.3 is 6.09 Å². The van der Waals surface area contributed by atoms with Gasteiger partial charge in [-0.15, -0.1) is 5.10 Å². The van der Waals surface area contributed by atoms with Gasteiger partial charge in [0.15, 0.2) is 0 Å². The van der Waals surface area contributed by atoms with Gasteiger partial charge in [0.1, 0.15) is 23.8 Å². The van der Waals surface area contributed by atoms with Crippen molar-refractivity contribution >= 4 is 34.6 Å². The molecule has 0 unspecified atom stereocenters. The summed E-state index contributed by atoms with van der Waals surface area (Å²) < 4.78 is 60.3. The van der Waals surface area contributed by atoms with Crippen LogP contribution in [-0.2, 0) is 9.47 Å². The Morgan fingerprint density at radius 3 is 2.11 bits per heavy atom. The number of halogens is 3. The SMILES string of the molecule is O=C(NNC(=O)c1cc(F)cc(-n2nccc2OC2CCOCC2)c1)Oc1cc(OC2CCOCC2)n(-c2cc(F)cc(I)c2)n1. The Balaban J connectivity index is 1.12. The Labute approximate surface area is 275 Å². The average molecular weight is 750 g/mol. The number of rotatable bonds is 8. The van der Waals surface area contributed by atoms with Crippen molar-refractivity contribution in [2.75, 3.05) is 26.4 Å². The van der Waals surface area contributed by atoms with Crippen LogP contribution in [0.5, 0.6) is 17.6 Å². The molecule has 0 saturated carbocycles. The Bertz CT molecular complexity index is 1680. The van der Waals surface area contributed by atoms with Gasteiger partial charge in [-0.1, -0.05) is 0 Å². The lowest BCUT2D eigenvalue weighted by molar-refractivity contribution is 0.0224. The van der Waals surface area contributed by atoms with E-state index in [1.807, 2.05) is 22.6 Å². The first kappa shape index (κ1) is 31.7. The fourth-order valence-electron chi connectivity index (χ4n) is 4.96. The molecule has 46 heavy (non-hydrogen) atoms. The highest BCUT2D eigenvalue weighted by Crippen LogP contribution is 2.28. The van der Waals surface area contributed by atoms with E-state index in [1.54, 1.807) is 12.1 Å². The van der Waals surface area contributed by atoms with Gasteiger partial charge < -0.3 is 23.7 Å². The Hall–Kier alpha value is -4.29. The summed E-state index contributed by atoms with van der Waals surface area (Å²) in [6.07, 6.45) is 2.86. The van der Waals surface area contributed by atoms with Crippen molar-refractivity contribution in [2.45, 2.75) is 37.9 Å². The van der Waals surface area contributed by atoms with Crippen molar-refractivity contribution in [1.82, 2.24) is 30.4 Å². The minimum absolute atomic E-state index is 0.0794. The fourth-order valence-corrected chi connectivity index (χ4v) is 5.57. The first-order valence-corrected chi connectivity index (χ1v) is 15.6. The van der Waals surface area contributed by atoms with Gasteiger partial charge in [0, 0.05) is 40.9 Å². The Kier molecular flexibility index (Phi) is 9.94. The third kappa shape index (κ3) is 7.91. The van der Waals surface area contributed by atoms with E-state index in [-0.39, 0.29) is 35.2 Å². The molecule has 0 bridgehead atoms. The van der Waals surface area contributed by atoms with Crippen LogP contribution in [0.25, 0.3) is 11.4 Å². The molecular formula is C30H29F2IN6O7. The molecule has 2 amide bonds. The molecule has 0 aliphatic carbocycles. The van der Waals surface area contributed by atoms with Crippen LogP contribution >= 0.6 is 22.6 Å². The van der Waals surface area contributed by atoms with Gasteiger partial charge in [0.2, 0.25) is 17.6 Å². The highest BCUT2D eigenvalue weighted by atomic mass is 127. The number of hydrogen-bond acceptors (Lipinski definition) is 9. The highest BCUT2D eigenvalue weighted by molar-refractivity contribution is 14.1. The molecule has 242 valence electrons. The molecule has 6 rings (SSSR count). The van der Waals surface area contributed by atoms with E-state index in [2.05, 4.69) is 21.0 Å². The molecule has 2 aromatic carbocycles. The smallest absolute Gasteiger partial charge is 0.432 e. The quantitative estimate of drug-likeness (QED) is 0.197. The highest BCUT2D eigenvalue weighted by Gasteiger charge is 2.23. The molecule has 2 N–H and O–H groups in total. The number of carbonyl (C=O) groups is 2. The van der Waals surface area contributed by atoms with Gasteiger partial charge in [-0.3, -0.25) is 10.2 Å². The number of hydrazine groups is 1. The van der Waals surface area contributed by atoms with E-state index in [1.165, 1.54) is 45.9 Å². The zero-order chi connectivity index (χ0) is 32.0. The molecule has 2 aromatic heterocycles. The first-order valence-electron chi connectivity index (χ1n) is 14.5. The van der Waals surface area contributed by atoms with E-state index in [0.717, 1.165) is 6.07 Å². The van der Waals surface area contributed by atoms with E-state index >= 15 is 0 Å². The molecule has 2 fully saturated rings. The second-order valence-corrected chi connectivity index (χ2v) is 11.7. The minimum Gasteiger partial charge on any atom is -0.474 e. The number of aromatic nitrogens is 4. The summed E-state index contributed by atoms with van der Waals surface area (Å²) in [6, 6.07) is 11.0. The van der Waals surface area contributed by atoms with Crippen molar-refractivity contribution < 1.29 is 42.1 Å². The lowest BCUT2D eigenvalue weighted by Crippen LogP contribution is -2.43. The van der Waals surface area contributed by atoms with Crippen molar-refractivity contribution in [3.05, 3.63) is 75.5 Å². The van der Waals surface area contributed by atoms with Gasteiger partial charge in [0.25, 0.3) is 5.91 Å². The van der Waals surface area contributed by atoms with Gasteiger partial charge in [0.05, 0.1) is 50.1 Å². The molecule has 0 spiro atoms. The van der Waals surface area contributed by atoms with E-state index < -0.39 is 23.6 Å². The lowest BCUT2D eigenvalue weighted by atomic mass is 10.1. The number of hydrogen-bond donors (Lipinski definition) is 2. The van der Waals surface area contributed by atoms with Crippen LogP contribution in [0, 0.1) is 15.2 Å². The van der Waals surface area contributed by atoms with Crippen LogP contribution in [0.3, 0.4) is 0 Å². The van der Waals surface area contributed by atoms with Crippen LogP contribution in [-0.4, -0.2) is 70.2 Å². The summed E-state index contributed by atoms with van der Waals surface area (Å²) >= 11 is 1.98. The maximum atomic E-state index is 14.6. The topological polar surface area (TPSA) is 140 Å². The number of nitrogens with zero attached hydrogens (tertiary/aromatic N) is 4. The Morgan fingerprint density at radius 2 is 1.43 bits per heavy atom. The summed E-state index contributed by atoms with van der Waals surface area (Å²) in [7, 11) is 0. The molecule has 0 radical (unpaired) electrons. The minimum atomic E-state index is -1.08. The van der Waals surface area contributed by atoms with Gasteiger partial charge in [-0.05, 0) is 59.0 Å². The number of nitrogens with one attached hydrogen (secondary N) is 2. The summed E-state index contributed by atoms with van der Waals surface area (Å²) in [5.74, 6) is -1.55. The number of carbonyl (C=O) groups excluding carboxylic acids is 2. The van der Waals surface area contributed by atoms with E-state index in [9.17, 15) is 18.4 Å². The summed E-state index contributed by atoms with van der Waals surface area (Å²) in [6.45, 7) is 2.22. The Morgan fingerprint density at radius 1 is 0.804 bits per heavy atom. The van der Waals surface area contributed by atoms with E-state index in [4.69, 9.17) is 23.7 Å². The van der Waals surface area contributed by atoms with Crippen LogP contribution < -0.4 is 25.1 Å². The maximum Gasteiger partial charge on any atom is 0.432 e. The largest absolute Gasteiger partial charge is 0.474 e. The summed E-state index contributed by atoms with van der Waals surface area (Å²) in [5.41, 5.74) is 4.83. The molecule has 0 atom stereocenters. The second-order valence-electron chi connectivity index (χ2n) is 10.5. The monoisotopic (exact) mass is 750 g/mol. The van der Waals surface area contributed by atoms with Crippen molar-refractivity contribution in [3.8, 4) is 29.0 Å². The molecule has 2 aliphatic rings. The molecule has 16 heteroatoms. The van der Waals surface area contributed by atoms with E-state index in [0.29, 0.717) is 67.2 Å². The van der Waals surface area contributed by atoms with Crippen LogP contribution in [0.1, 0.15) is 36.0 Å². The van der Waals surface area contributed by atoms with Crippen molar-refractivity contribution in [1.29, 1.82) is 0 Å². The normalized spacial score (nSPS) is 15.7. The maximum absolute atomic E-state index is 14.6. The third-order valence-corrected chi connectivity index (χ3v) is 7.75. The molecule has 4 heterocycles. The first-order chi connectivity index (χ1) is 22.3. The van der Waals surface area contributed by atoms with Crippen molar-refractivity contribution in [3.63, 3.8) is 0 Å². The molecule has 4 aromatic rings. The third-order valence-electron chi connectivity index (χ3n) is 7.13. The zero-order valence-corrected chi connectivity index (χ0v) is 26.4. The fraction of sp³-hybridized carbons (Fsp3) is 0.333. The van der Waals surface area contributed by atoms with Crippen LogP contribution in [0.4, 0.5) is 13.6 Å². The number of ether oxygens (including phenoxy) is 5. The van der Waals surface area contributed by atoms with Crippen LogP contribution in [0.15, 0.2) is 54.7 Å². The molecular weight excluding hydrogens is 721 g/mol. The molecule has 2 saturated heterocycles. The number of amides is 2. The van der Waals surface area contributed by atoms with Crippen molar-refractivity contribution in [2.24, 2.45) is 0 Å². The predicted octanol–water partition coefficient (Wildman–Crippen LogP) is 4.49. The average Bonchev–Trinajstić information content (AvgIpc) is 3.67. The summed E-state index contributed by atoms with van der Waals surface area (Å²) in [5, 5.41) is 8.49.